The average molecular weight is 343 g/mol. The number of H-pyrrole nitrogens is 1. The van der Waals surface area contributed by atoms with Crippen molar-refractivity contribution in [2.45, 2.75) is 32.2 Å². The molecule has 0 spiro atoms. The SMILES string of the molecule is CCn1c(=O)[nH]c(=O)c2c(C(=O)NCC3CNC3)cc(C3CC3)nc21. The van der Waals surface area contributed by atoms with Crippen LogP contribution in [0.2, 0.25) is 0 Å². The van der Waals surface area contributed by atoms with Crippen molar-refractivity contribution in [2.75, 3.05) is 19.6 Å². The highest BCUT2D eigenvalue weighted by molar-refractivity contribution is 6.05. The van der Waals surface area contributed by atoms with Crippen LogP contribution in [0.15, 0.2) is 15.7 Å². The van der Waals surface area contributed by atoms with Gasteiger partial charge in [0.1, 0.15) is 0 Å². The van der Waals surface area contributed by atoms with Crippen LogP contribution in [0.4, 0.5) is 0 Å². The summed E-state index contributed by atoms with van der Waals surface area (Å²) in [4.78, 5) is 44.1. The Bertz CT molecular complexity index is 953. The fraction of sp³-hybridized carbons (Fsp3) is 0.529. The summed E-state index contributed by atoms with van der Waals surface area (Å²) in [6.07, 6.45) is 2.04. The van der Waals surface area contributed by atoms with Crippen molar-refractivity contribution in [1.82, 2.24) is 25.2 Å². The van der Waals surface area contributed by atoms with E-state index < -0.39 is 11.2 Å². The van der Waals surface area contributed by atoms with Crippen molar-refractivity contribution in [1.29, 1.82) is 0 Å². The summed E-state index contributed by atoms with van der Waals surface area (Å²) in [6, 6.07) is 1.72. The lowest BCUT2D eigenvalue weighted by molar-refractivity contribution is 0.0943. The van der Waals surface area contributed by atoms with Gasteiger partial charge in [-0.1, -0.05) is 0 Å². The van der Waals surface area contributed by atoms with Crippen LogP contribution in [0.5, 0.6) is 0 Å². The molecule has 0 aromatic carbocycles. The first-order valence-electron chi connectivity index (χ1n) is 8.75. The van der Waals surface area contributed by atoms with Gasteiger partial charge in [-0.3, -0.25) is 19.1 Å². The van der Waals surface area contributed by atoms with Gasteiger partial charge in [0.2, 0.25) is 0 Å². The van der Waals surface area contributed by atoms with Gasteiger partial charge in [-0.05, 0) is 25.8 Å². The zero-order valence-corrected chi connectivity index (χ0v) is 14.1. The van der Waals surface area contributed by atoms with E-state index in [0.29, 0.717) is 36.1 Å². The van der Waals surface area contributed by atoms with Crippen molar-refractivity contribution in [3.8, 4) is 0 Å². The molecule has 3 heterocycles. The van der Waals surface area contributed by atoms with Gasteiger partial charge in [0.15, 0.2) is 5.65 Å². The minimum absolute atomic E-state index is 0.190. The molecule has 0 unspecified atom stereocenters. The van der Waals surface area contributed by atoms with E-state index in [0.717, 1.165) is 31.6 Å². The number of fused-ring (bicyclic) bond motifs is 1. The van der Waals surface area contributed by atoms with E-state index in [4.69, 9.17) is 0 Å². The number of rotatable bonds is 5. The second-order valence-electron chi connectivity index (χ2n) is 6.81. The number of aromatic nitrogens is 3. The molecule has 1 saturated carbocycles. The second-order valence-corrected chi connectivity index (χ2v) is 6.81. The monoisotopic (exact) mass is 343 g/mol. The number of pyridine rings is 1. The lowest BCUT2D eigenvalue weighted by Crippen LogP contribution is -2.48. The number of carbonyl (C=O) groups is 1. The number of aromatic amines is 1. The molecule has 0 atom stereocenters. The predicted octanol–water partition coefficient (Wildman–Crippen LogP) is -0.0687. The molecule has 1 aliphatic heterocycles. The third-order valence-corrected chi connectivity index (χ3v) is 4.94. The van der Waals surface area contributed by atoms with Crippen LogP contribution in [0.1, 0.15) is 41.7 Å². The molecule has 25 heavy (non-hydrogen) atoms. The Morgan fingerprint density at radius 2 is 2.12 bits per heavy atom. The van der Waals surface area contributed by atoms with E-state index in [9.17, 15) is 14.4 Å². The summed E-state index contributed by atoms with van der Waals surface area (Å²) in [6.45, 7) is 4.54. The Hall–Kier alpha value is -2.48. The van der Waals surface area contributed by atoms with Gasteiger partial charge in [-0.15, -0.1) is 0 Å². The summed E-state index contributed by atoms with van der Waals surface area (Å²) in [5.74, 6) is 0.451. The number of carbonyl (C=O) groups excluding carboxylic acids is 1. The first-order valence-corrected chi connectivity index (χ1v) is 8.75. The molecule has 4 rings (SSSR count). The molecular weight excluding hydrogens is 322 g/mol. The lowest BCUT2D eigenvalue weighted by atomic mass is 10.0. The third-order valence-electron chi connectivity index (χ3n) is 4.94. The fourth-order valence-corrected chi connectivity index (χ4v) is 3.18. The highest BCUT2D eigenvalue weighted by atomic mass is 16.2. The predicted molar refractivity (Wildman–Crippen MR) is 93.0 cm³/mol. The van der Waals surface area contributed by atoms with Crippen LogP contribution in [-0.2, 0) is 6.54 Å². The summed E-state index contributed by atoms with van der Waals surface area (Å²) in [7, 11) is 0. The van der Waals surface area contributed by atoms with E-state index in [2.05, 4.69) is 20.6 Å². The Labute approximate surface area is 143 Å². The summed E-state index contributed by atoms with van der Waals surface area (Å²) in [5.41, 5.74) is 0.344. The van der Waals surface area contributed by atoms with Crippen LogP contribution in [0, 0.1) is 5.92 Å². The fourth-order valence-electron chi connectivity index (χ4n) is 3.18. The lowest BCUT2D eigenvalue weighted by Gasteiger charge is -2.27. The zero-order chi connectivity index (χ0) is 17.6. The second kappa shape index (κ2) is 6.11. The van der Waals surface area contributed by atoms with Gasteiger partial charge in [0.05, 0.1) is 10.9 Å². The van der Waals surface area contributed by atoms with Crippen LogP contribution < -0.4 is 21.9 Å². The molecule has 1 amide bonds. The van der Waals surface area contributed by atoms with Crippen molar-refractivity contribution >= 4 is 16.9 Å². The van der Waals surface area contributed by atoms with Gasteiger partial charge in [0.25, 0.3) is 11.5 Å². The van der Waals surface area contributed by atoms with E-state index in [1.54, 1.807) is 6.07 Å². The molecule has 0 radical (unpaired) electrons. The van der Waals surface area contributed by atoms with Crippen molar-refractivity contribution in [3.63, 3.8) is 0 Å². The maximum Gasteiger partial charge on any atom is 0.329 e. The number of nitrogens with one attached hydrogen (secondary N) is 3. The van der Waals surface area contributed by atoms with Gasteiger partial charge >= 0.3 is 5.69 Å². The van der Waals surface area contributed by atoms with Crippen LogP contribution in [-0.4, -0.2) is 40.1 Å². The maximum absolute atomic E-state index is 12.7. The molecular formula is C17H21N5O3. The summed E-state index contributed by atoms with van der Waals surface area (Å²) < 4.78 is 1.41. The Morgan fingerprint density at radius 1 is 1.36 bits per heavy atom. The van der Waals surface area contributed by atoms with Gasteiger partial charge in [-0.2, -0.15) is 0 Å². The minimum atomic E-state index is -0.560. The normalized spacial score (nSPS) is 17.5. The van der Waals surface area contributed by atoms with E-state index in [1.807, 2.05) is 6.92 Å². The largest absolute Gasteiger partial charge is 0.352 e. The molecule has 2 aliphatic rings. The standard InChI is InChI=1S/C17H21N5O3/c1-2-22-14-13(16(24)21-17(22)25)11(5-12(20-14)10-3-4-10)15(23)19-8-9-6-18-7-9/h5,9-10,18H,2-4,6-8H2,1H3,(H,19,23)(H,21,24,25). The van der Waals surface area contributed by atoms with Crippen LogP contribution in [0.25, 0.3) is 11.0 Å². The Kier molecular flexibility index (Phi) is 3.91. The summed E-state index contributed by atoms with van der Waals surface area (Å²) >= 11 is 0. The molecule has 1 aliphatic carbocycles. The Morgan fingerprint density at radius 3 is 2.72 bits per heavy atom. The molecule has 0 bridgehead atoms. The van der Waals surface area contributed by atoms with E-state index >= 15 is 0 Å². The zero-order valence-electron chi connectivity index (χ0n) is 14.1. The highest BCUT2D eigenvalue weighted by Gasteiger charge is 2.29. The van der Waals surface area contributed by atoms with E-state index in [1.165, 1.54) is 4.57 Å². The molecule has 2 fully saturated rings. The maximum atomic E-state index is 12.7. The first-order chi connectivity index (χ1) is 12.1. The van der Waals surface area contributed by atoms with Gasteiger partial charge in [0, 0.05) is 43.7 Å². The third kappa shape index (κ3) is 2.86. The number of hydrogen-bond acceptors (Lipinski definition) is 5. The van der Waals surface area contributed by atoms with Crippen molar-refractivity contribution < 1.29 is 4.79 Å². The molecule has 2 aromatic rings. The Balaban J connectivity index is 1.84. The van der Waals surface area contributed by atoms with Gasteiger partial charge < -0.3 is 10.6 Å². The molecule has 3 N–H and O–H groups in total. The molecule has 8 nitrogen and oxygen atoms in total. The number of amides is 1. The number of hydrogen-bond donors (Lipinski definition) is 3. The molecule has 2 aromatic heterocycles. The minimum Gasteiger partial charge on any atom is -0.352 e. The smallest absolute Gasteiger partial charge is 0.329 e. The molecule has 1 saturated heterocycles. The molecule has 132 valence electrons. The highest BCUT2D eigenvalue weighted by Crippen LogP contribution is 2.39. The van der Waals surface area contributed by atoms with E-state index in [-0.39, 0.29) is 11.3 Å². The van der Waals surface area contributed by atoms with Crippen molar-refractivity contribution in [2.24, 2.45) is 5.92 Å². The van der Waals surface area contributed by atoms with Gasteiger partial charge in [-0.25, -0.2) is 9.78 Å². The van der Waals surface area contributed by atoms with Crippen molar-refractivity contribution in [3.05, 3.63) is 38.2 Å². The number of aryl methyl sites for hydroxylation is 1. The average Bonchev–Trinajstić information content (AvgIpc) is 3.37. The summed E-state index contributed by atoms with van der Waals surface area (Å²) in [5, 5.41) is 6.26. The van der Waals surface area contributed by atoms with Crippen LogP contribution >= 0.6 is 0 Å². The topological polar surface area (TPSA) is 109 Å². The van der Waals surface area contributed by atoms with Crippen LogP contribution in [0.3, 0.4) is 0 Å². The quantitative estimate of drug-likeness (QED) is 0.704. The first kappa shape index (κ1) is 16.0. The molecule has 8 heteroatoms. The number of nitrogens with zero attached hydrogens (tertiary/aromatic N) is 2.